The fourth-order valence-corrected chi connectivity index (χ4v) is 7.13. The number of para-hydroxylation sites is 1. The van der Waals surface area contributed by atoms with Crippen molar-refractivity contribution in [3.05, 3.63) is 65.2 Å². The van der Waals surface area contributed by atoms with Crippen molar-refractivity contribution in [2.24, 2.45) is 0 Å². The molecule has 6 rings (SSSR count). The number of fused-ring (bicyclic) bond motifs is 4. The van der Waals surface area contributed by atoms with Gasteiger partial charge in [-0.2, -0.15) is 0 Å². The SMILES string of the molecule is c1ccc2c(c1)COCC21CCN(CCCCN2CCC3(CCOc4ccccc43)CC2)CC1. The highest BCUT2D eigenvalue weighted by Gasteiger charge is 2.41. The van der Waals surface area contributed by atoms with Gasteiger partial charge >= 0.3 is 0 Å². The summed E-state index contributed by atoms with van der Waals surface area (Å²) in [4.78, 5) is 5.41. The van der Waals surface area contributed by atoms with Gasteiger partial charge < -0.3 is 19.3 Å². The van der Waals surface area contributed by atoms with Crippen LogP contribution < -0.4 is 4.74 Å². The van der Waals surface area contributed by atoms with Gasteiger partial charge in [0, 0.05) is 16.4 Å². The lowest BCUT2D eigenvalue weighted by Gasteiger charge is -2.45. The molecule has 4 heterocycles. The van der Waals surface area contributed by atoms with E-state index in [0.717, 1.165) is 25.6 Å². The number of unbranched alkanes of at least 4 members (excludes halogenated alkanes) is 1. The maximum atomic E-state index is 6.02. The van der Waals surface area contributed by atoms with Crippen molar-refractivity contribution < 1.29 is 9.47 Å². The minimum atomic E-state index is 0.262. The third kappa shape index (κ3) is 4.29. The molecule has 4 heteroatoms. The first-order valence-corrected chi connectivity index (χ1v) is 13.6. The molecule has 34 heavy (non-hydrogen) atoms. The molecule has 0 atom stereocenters. The maximum Gasteiger partial charge on any atom is 0.123 e. The summed E-state index contributed by atoms with van der Waals surface area (Å²) in [5, 5.41) is 0. The van der Waals surface area contributed by atoms with Gasteiger partial charge in [-0.15, -0.1) is 0 Å². The normalized spacial score (nSPS) is 23.9. The molecule has 4 aliphatic rings. The van der Waals surface area contributed by atoms with E-state index < -0.39 is 0 Å². The predicted molar refractivity (Wildman–Crippen MR) is 137 cm³/mol. The van der Waals surface area contributed by atoms with Crippen molar-refractivity contribution in [2.45, 2.75) is 62.4 Å². The van der Waals surface area contributed by atoms with Crippen molar-refractivity contribution in [3.8, 4) is 5.75 Å². The quantitative estimate of drug-likeness (QED) is 0.577. The molecule has 4 nitrogen and oxygen atoms in total. The van der Waals surface area contributed by atoms with Gasteiger partial charge in [-0.3, -0.25) is 0 Å². The number of likely N-dealkylation sites (tertiary alicyclic amines) is 2. The highest BCUT2D eigenvalue weighted by molar-refractivity contribution is 5.42. The maximum absolute atomic E-state index is 6.02. The lowest BCUT2D eigenvalue weighted by atomic mass is 9.69. The second-order valence-electron chi connectivity index (χ2n) is 11.2. The fourth-order valence-electron chi connectivity index (χ4n) is 7.13. The Labute approximate surface area is 205 Å². The molecule has 4 aliphatic heterocycles. The Morgan fingerprint density at radius 1 is 0.676 bits per heavy atom. The Morgan fingerprint density at radius 3 is 2.03 bits per heavy atom. The van der Waals surface area contributed by atoms with E-state index in [-0.39, 0.29) is 5.41 Å². The van der Waals surface area contributed by atoms with Gasteiger partial charge in [0.25, 0.3) is 0 Å². The smallest absolute Gasteiger partial charge is 0.123 e. The molecular formula is C30H40N2O2. The third-order valence-corrected chi connectivity index (χ3v) is 9.35. The first-order chi connectivity index (χ1) is 16.8. The number of benzene rings is 2. The molecule has 0 bridgehead atoms. The molecule has 182 valence electrons. The van der Waals surface area contributed by atoms with Crippen molar-refractivity contribution >= 4 is 0 Å². The van der Waals surface area contributed by atoms with Crippen LogP contribution in [0.15, 0.2) is 48.5 Å². The van der Waals surface area contributed by atoms with Crippen molar-refractivity contribution in [1.82, 2.24) is 9.80 Å². The van der Waals surface area contributed by atoms with Crippen LogP contribution in [0.2, 0.25) is 0 Å². The van der Waals surface area contributed by atoms with Gasteiger partial charge in [-0.1, -0.05) is 42.5 Å². The minimum Gasteiger partial charge on any atom is -0.493 e. The molecule has 0 N–H and O–H groups in total. The Balaban J connectivity index is 0.939. The van der Waals surface area contributed by atoms with E-state index in [0.29, 0.717) is 5.41 Å². The summed E-state index contributed by atoms with van der Waals surface area (Å²) in [6.07, 6.45) is 8.87. The summed E-state index contributed by atoms with van der Waals surface area (Å²) in [5.74, 6) is 1.13. The van der Waals surface area contributed by atoms with Gasteiger partial charge in [0.15, 0.2) is 0 Å². The Hall–Kier alpha value is -1.88. The number of hydrogen-bond acceptors (Lipinski definition) is 4. The van der Waals surface area contributed by atoms with E-state index in [9.17, 15) is 0 Å². The predicted octanol–water partition coefficient (Wildman–Crippen LogP) is 5.15. The second-order valence-corrected chi connectivity index (χ2v) is 11.2. The number of hydrogen-bond donors (Lipinski definition) is 0. The number of ether oxygens (including phenoxy) is 2. The number of nitrogens with zero attached hydrogens (tertiary/aromatic N) is 2. The van der Waals surface area contributed by atoms with E-state index in [1.807, 2.05) is 0 Å². The molecule has 0 aliphatic carbocycles. The molecule has 0 radical (unpaired) electrons. The van der Waals surface area contributed by atoms with Crippen LogP contribution in [-0.4, -0.2) is 62.3 Å². The number of piperidine rings is 2. The van der Waals surface area contributed by atoms with E-state index in [4.69, 9.17) is 9.47 Å². The molecule has 2 spiro atoms. The summed E-state index contributed by atoms with van der Waals surface area (Å²) >= 11 is 0. The monoisotopic (exact) mass is 460 g/mol. The zero-order valence-corrected chi connectivity index (χ0v) is 20.6. The first kappa shape index (κ1) is 22.6. The largest absolute Gasteiger partial charge is 0.493 e. The van der Waals surface area contributed by atoms with Crippen LogP contribution in [0.4, 0.5) is 0 Å². The van der Waals surface area contributed by atoms with Crippen LogP contribution >= 0.6 is 0 Å². The minimum absolute atomic E-state index is 0.262. The highest BCUT2D eigenvalue weighted by atomic mass is 16.5. The van der Waals surface area contributed by atoms with E-state index in [1.165, 1.54) is 95.3 Å². The Kier molecular flexibility index (Phi) is 6.40. The summed E-state index contributed by atoms with van der Waals surface area (Å²) in [6.45, 7) is 9.99. The molecule has 0 saturated carbocycles. The molecular weight excluding hydrogens is 420 g/mol. The molecule has 0 amide bonds. The van der Waals surface area contributed by atoms with Gasteiger partial charge in [0.1, 0.15) is 5.75 Å². The van der Waals surface area contributed by atoms with Crippen molar-refractivity contribution in [2.75, 3.05) is 52.5 Å². The topological polar surface area (TPSA) is 24.9 Å². The molecule has 2 fully saturated rings. The fraction of sp³-hybridized carbons (Fsp3) is 0.600. The average molecular weight is 461 g/mol. The summed E-state index contributed by atoms with van der Waals surface area (Å²) < 4.78 is 12.0. The Morgan fingerprint density at radius 2 is 1.29 bits per heavy atom. The third-order valence-electron chi connectivity index (χ3n) is 9.35. The molecule has 2 saturated heterocycles. The molecule has 2 aromatic carbocycles. The van der Waals surface area contributed by atoms with Gasteiger partial charge in [-0.25, -0.2) is 0 Å². The van der Waals surface area contributed by atoms with Crippen LogP contribution in [0.1, 0.15) is 61.6 Å². The molecule has 0 unspecified atom stereocenters. The van der Waals surface area contributed by atoms with Crippen LogP contribution in [-0.2, 0) is 22.2 Å². The number of rotatable bonds is 5. The molecule has 2 aromatic rings. The van der Waals surface area contributed by atoms with Crippen LogP contribution in [0.5, 0.6) is 5.75 Å². The van der Waals surface area contributed by atoms with Gasteiger partial charge in [0.05, 0.1) is 19.8 Å². The average Bonchev–Trinajstić information content (AvgIpc) is 2.90. The summed E-state index contributed by atoms with van der Waals surface area (Å²) in [7, 11) is 0. The lowest BCUT2D eigenvalue weighted by molar-refractivity contribution is 0.0183. The van der Waals surface area contributed by atoms with Crippen LogP contribution in [0.3, 0.4) is 0 Å². The lowest BCUT2D eigenvalue weighted by Crippen LogP contribution is -2.47. The zero-order chi connectivity index (χ0) is 22.8. The highest BCUT2D eigenvalue weighted by Crippen LogP contribution is 2.45. The van der Waals surface area contributed by atoms with Gasteiger partial charge in [-0.05, 0) is 101 Å². The zero-order valence-electron chi connectivity index (χ0n) is 20.6. The van der Waals surface area contributed by atoms with Crippen LogP contribution in [0.25, 0.3) is 0 Å². The summed E-state index contributed by atoms with van der Waals surface area (Å²) in [5.41, 5.74) is 5.06. The van der Waals surface area contributed by atoms with Crippen molar-refractivity contribution in [1.29, 1.82) is 0 Å². The standard InChI is InChI=1S/C30H40N2O2/c1-2-8-26-25(7-1)23-33-24-30(26)13-20-32(21-14-30)17-6-5-16-31-18-11-29(12-19-31)15-22-34-28-10-4-3-9-27(28)29/h1-4,7-10H,5-6,11-24H2. The molecule has 0 aromatic heterocycles. The van der Waals surface area contributed by atoms with E-state index in [1.54, 1.807) is 5.56 Å². The first-order valence-electron chi connectivity index (χ1n) is 13.6. The van der Waals surface area contributed by atoms with Crippen LogP contribution in [0, 0.1) is 0 Å². The Bertz CT molecular complexity index is 894. The van der Waals surface area contributed by atoms with Crippen molar-refractivity contribution in [3.63, 3.8) is 0 Å². The van der Waals surface area contributed by atoms with E-state index in [2.05, 4.69) is 58.3 Å². The van der Waals surface area contributed by atoms with Gasteiger partial charge in [0.2, 0.25) is 0 Å². The second kappa shape index (κ2) is 9.64. The summed E-state index contributed by atoms with van der Waals surface area (Å²) in [6, 6.07) is 17.7. The van der Waals surface area contributed by atoms with E-state index >= 15 is 0 Å².